The van der Waals surface area contributed by atoms with Crippen molar-refractivity contribution in [2.24, 2.45) is 5.73 Å². The minimum absolute atomic E-state index is 0.0643. The number of carbonyl (C=O) groups excluding carboxylic acids is 2. The summed E-state index contributed by atoms with van der Waals surface area (Å²) < 4.78 is 27.6. The number of pyridine rings is 2. The Morgan fingerprint density at radius 2 is 1.78 bits per heavy atom. The average Bonchev–Trinajstić information content (AvgIpc) is 2.96. The lowest BCUT2D eigenvalue weighted by molar-refractivity contribution is 0.0995. The van der Waals surface area contributed by atoms with Gasteiger partial charge in [0.1, 0.15) is 24.9 Å². The Labute approximate surface area is 234 Å². The van der Waals surface area contributed by atoms with Crippen molar-refractivity contribution in [3.8, 4) is 17.2 Å². The molecule has 204 valence electrons. The minimum atomic E-state index is -0.762. The predicted molar refractivity (Wildman–Crippen MR) is 156 cm³/mol. The van der Waals surface area contributed by atoms with Gasteiger partial charge in [0.25, 0.3) is 17.4 Å². The highest BCUT2D eigenvalue weighted by Crippen LogP contribution is 2.34. The number of nitrogens with two attached hydrogens (primary N) is 1. The first-order valence-electron chi connectivity index (χ1n) is 12.5. The van der Waals surface area contributed by atoms with Crippen LogP contribution in [-0.2, 0) is 6.54 Å². The molecule has 0 atom stereocenters. The molecule has 5 rings (SSSR count). The van der Waals surface area contributed by atoms with Crippen LogP contribution in [0.25, 0.3) is 10.9 Å². The summed E-state index contributed by atoms with van der Waals surface area (Å²) in [7, 11) is 3.19. The molecule has 2 heterocycles. The van der Waals surface area contributed by atoms with E-state index in [4.69, 9.17) is 15.2 Å². The van der Waals surface area contributed by atoms with Crippen molar-refractivity contribution in [1.82, 2.24) is 9.55 Å². The number of fused-ring (bicyclic) bond motifs is 1. The number of carbonyl (C=O) groups is 2. The smallest absolute Gasteiger partial charge is 0.263 e. The number of rotatable bonds is 8. The van der Waals surface area contributed by atoms with Crippen LogP contribution in [0.2, 0.25) is 0 Å². The Bertz CT molecular complexity index is 1860. The maximum absolute atomic E-state index is 15.1. The zero-order chi connectivity index (χ0) is 29.1. The Balaban J connectivity index is 1.38. The summed E-state index contributed by atoms with van der Waals surface area (Å²) in [6.07, 6.45) is 3.16. The lowest BCUT2D eigenvalue weighted by Gasteiger charge is -2.13. The van der Waals surface area contributed by atoms with E-state index in [1.54, 1.807) is 14.0 Å². The molecule has 41 heavy (non-hydrogen) atoms. The number of ether oxygens (including phenoxy) is 2. The third-order valence-electron chi connectivity index (χ3n) is 6.36. The molecule has 0 saturated carbocycles. The molecule has 2 amide bonds. The van der Waals surface area contributed by atoms with Crippen LogP contribution < -0.4 is 31.5 Å². The molecule has 0 unspecified atom stereocenters. The predicted octanol–water partition coefficient (Wildman–Crippen LogP) is 2.99. The molecule has 0 aliphatic carbocycles. The quantitative estimate of drug-likeness (QED) is 0.286. The van der Waals surface area contributed by atoms with Crippen LogP contribution in [0.3, 0.4) is 0 Å². The minimum Gasteiger partial charge on any atom is -0.496 e. The van der Waals surface area contributed by atoms with E-state index in [0.717, 1.165) is 17.1 Å². The number of aromatic nitrogens is 2. The zero-order valence-electron chi connectivity index (χ0n) is 22.2. The molecule has 3 N–H and O–H groups in total. The van der Waals surface area contributed by atoms with Gasteiger partial charge in [-0.3, -0.25) is 19.4 Å². The summed E-state index contributed by atoms with van der Waals surface area (Å²) in [5, 5.41) is 3.01. The van der Waals surface area contributed by atoms with E-state index in [2.05, 4.69) is 10.3 Å². The fourth-order valence-electron chi connectivity index (χ4n) is 4.42. The van der Waals surface area contributed by atoms with Crippen LogP contribution in [0, 0.1) is 5.82 Å². The van der Waals surface area contributed by atoms with Gasteiger partial charge < -0.3 is 25.1 Å². The highest BCUT2D eigenvalue weighted by Gasteiger charge is 2.17. The summed E-state index contributed by atoms with van der Waals surface area (Å²) in [6, 6.07) is 19.3. The summed E-state index contributed by atoms with van der Waals surface area (Å²) >= 11 is 0. The van der Waals surface area contributed by atoms with Gasteiger partial charge in [0.15, 0.2) is 11.6 Å². The first-order chi connectivity index (χ1) is 19.7. The Hall–Kier alpha value is -5.45. The number of hydrogen-bond donors (Lipinski definition) is 2. The third-order valence-corrected chi connectivity index (χ3v) is 6.36. The lowest BCUT2D eigenvalue weighted by Crippen LogP contribution is -2.32. The molecule has 0 aliphatic rings. The molecule has 0 fully saturated rings. The molecular formula is C30H24BFN4O5. The Morgan fingerprint density at radius 1 is 1.00 bits per heavy atom. The normalized spacial score (nSPS) is 10.8. The summed E-state index contributed by atoms with van der Waals surface area (Å²) in [5.74, 6) is -1.78. The Kier molecular flexibility index (Phi) is 7.51. The molecule has 0 radical (unpaired) electrons. The van der Waals surface area contributed by atoms with E-state index in [1.807, 2.05) is 30.3 Å². The highest BCUT2D eigenvalue weighted by molar-refractivity contribution is 6.32. The standard InChI is InChI=1S/C30H24BFN4O5/c1-40-27-14-24-20(13-21(27)28(33)37)25(9-10-34-24)41-26-8-7-19(12-23(26)32)35-29(38)22-11-18(31)16-36(30(22)39)15-17-5-3-2-4-6-17/h2-14,16H,15,31H2,1H3,(H2,33,37)(H,35,38). The maximum Gasteiger partial charge on any atom is 0.263 e. The van der Waals surface area contributed by atoms with Gasteiger partial charge in [-0.15, -0.1) is 0 Å². The van der Waals surface area contributed by atoms with Crippen molar-refractivity contribution in [2.75, 3.05) is 12.4 Å². The van der Waals surface area contributed by atoms with Gasteiger partial charge in [-0.1, -0.05) is 35.8 Å². The van der Waals surface area contributed by atoms with Crippen LogP contribution in [0.4, 0.5) is 10.1 Å². The van der Waals surface area contributed by atoms with Crippen molar-refractivity contribution < 1.29 is 23.5 Å². The van der Waals surface area contributed by atoms with Crippen LogP contribution >= 0.6 is 0 Å². The molecule has 2 aromatic heterocycles. The van der Waals surface area contributed by atoms with E-state index >= 15 is 4.39 Å². The number of methoxy groups -OCH3 is 1. The Morgan fingerprint density at radius 3 is 2.49 bits per heavy atom. The molecule has 3 aromatic carbocycles. The van der Waals surface area contributed by atoms with Crippen LogP contribution in [0.1, 0.15) is 26.3 Å². The van der Waals surface area contributed by atoms with E-state index in [-0.39, 0.29) is 34.1 Å². The van der Waals surface area contributed by atoms with Gasteiger partial charge in [-0.25, -0.2) is 4.39 Å². The second-order valence-corrected chi connectivity index (χ2v) is 9.29. The number of amides is 2. The van der Waals surface area contributed by atoms with Gasteiger partial charge in [-0.05, 0) is 35.9 Å². The van der Waals surface area contributed by atoms with Crippen LogP contribution in [-0.4, -0.2) is 36.3 Å². The number of nitrogens with zero attached hydrogens (tertiary/aromatic N) is 2. The second kappa shape index (κ2) is 11.3. The zero-order valence-corrected chi connectivity index (χ0v) is 22.2. The van der Waals surface area contributed by atoms with Crippen LogP contribution in [0.5, 0.6) is 17.2 Å². The molecule has 0 saturated heterocycles. The van der Waals surface area contributed by atoms with Gasteiger partial charge in [0.2, 0.25) is 0 Å². The topological polar surface area (TPSA) is 126 Å². The van der Waals surface area contributed by atoms with Crippen molar-refractivity contribution in [1.29, 1.82) is 0 Å². The van der Waals surface area contributed by atoms with Gasteiger partial charge in [-0.2, -0.15) is 0 Å². The van der Waals surface area contributed by atoms with Crippen LogP contribution in [0.15, 0.2) is 90.0 Å². The third kappa shape index (κ3) is 5.79. The van der Waals surface area contributed by atoms with Crippen molar-refractivity contribution in [3.63, 3.8) is 0 Å². The molecule has 11 heteroatoms. The summed E-state index contributed by atoms with van der Waals surface area (Å²) in [6.45, 7) is 0.305. The van der Waals surface area contributed by atoms with Crippen molar-refractivity contribution in [3.05, 3.63) is 118 Å². The number of nitrogens with one attached hydrogen (secondary N) is 1. The molecule has 9 nitrogen and oxygen atoms in total. The van der Waals surface area contributed by atoms with Gasteiger partial charge in [0.05, 0.1) is 24.7 Å². The maximum atomic E-state index is 15.1. The largest absolute Gasteiger partial charge is 0.496 e. The van der Waals surface area contributed by atoms with Crippen molar-refractivity contribution in [2.45, 2.75) is 6.54 Å². The number of anilines is 1. The SMILES string of the molecule is Bc1cc(C(=O)Nc2ccc(Oc3ccnc4cc(OC)c(C(N)=O)cc34)c(F)c2)c(=O)n(Cc2ccccc2)c1. The fourth-order valence-corrected chi connectivity index (χ4v) is 4.42. The lowest BCUT2D eigenvalue weighted by atomic mass is 9.96. The fraction of sp³-hybridized carbons (Fsp3) is 0.0667. The van der Waals surface area contributed by atoms with Crippen molar-refractivity contribution >= 4 is 41.7 Å². The van der Waals surface area contributed by atoms with E-state index in [9.17, 15) is 14.4 Å². The number of primary amides is 1. The van der Waals surface area contributed by atoms with Gasteiger partial charge >= 0.3 is 0 Å². The molecular weight excluding hydrogens is 526 g/mol. The highest BCUT2D eigenvalue weighted by atomic mass is 19.1. The molecule has 0 spiro atoms. The molecule has 0 bridgehead atoms. The number of halogens is 1. The van der Waals surface area contributed by atoms with E-state index in [1.165, 1.54) is 54.3 Å². The first kappa shape index (κ1) is 27.1. The first-order valence-corrected chi connectivity index (χ1v) is 12.5. The second-order valence-electron chi connectivity index (χ2n) is 9.29. The average molecular weight is 550 g/mol. The monoisotopic (exact) mass is 550 g/mol. The number of hydrogen-bond acceptors (Lipinski definition) is 6. The summed E-state index contributed by atoms with van der Waals surface area (Å²) in [5.41, 5.74) is 7.28. The summed E-state index contributed by atoms with van der Waals surface area (Å²) in [4.78, 5) is 42.2. The molecule has 5 aromatic rings. The molecule has 0 aliphatic heterocycles. The van der Waals surface area contributed by atoms with Gasteiger partial charge in [0, 0.05) is 35.6 Å². The number of benzene rings is 3. The van der Waals surface area contributed by atoms with E-state index < -0.39 is 23.2 Å². The van der Waals surface area contributed by atoms with E-state index in [0.29, 0.717) is 17.4 Å².